The van der Waals surface area contributed by atoms with Gasteiger partial charge in [-0.15, -0.1) is 0 Å². The first-order valence-electron chi connectivity index (χ1n) is 6.95. The Hall–Kier alpha value is -0.890. The summed E-state index contributed by atoms with van der Waals surface area (Å²) in [6, 6.07) is 6.77. The van der Waals surface area contributed by atoms with Crippen molar-refractivity contribution >= 4 is 0 Å². The molecule has 0 radical (unpaired) electrons. The van der Waals surface area contributed by atoms with Gasteiger partial charge in [0.05, 0.1) is 0 Å². The van der Waals surface area contributed by atoms with Crippen molar-refractivity contribution in [2.45, 2.75) is 51.0 Å². The summed E-state index contributed by atoms with van der Waals surface area (Å²) in [6.45, 7) is 0. The summed E-state index contributed by atoms with van der Waals surface area (Å²) >= 11 is 0. The number of nitrogens with zero attached hydrogens (tertiary/aromatic N) is 1. The first kappa shape index (κ1) is 12.6. The van der Waals surface area contributed by atoms with Crippen molar-refractivity contribution in [2.24, 2.45) is 5.92 Å². The third-order valence-electron chi connectivity index (χ3n) is 3.99. The molecule has 1 aliphatic rings. The summed E-state index contributed by atoms with van der Waals surface area (Å²) in [7, 11) is 2.07. The minimum Gasteiger partial charge on any atom is -0.317 e. The maximum atomic E-state index is 4.41. The van der Waals surface area contributed by atoms with Gasteiger partial charge in [-0.2, -0.15) is 0 Å². The van der Waals surface area contributed by atoms with Crippen LogP contribution in [0.4, 0.5) is 0 Å². The molecule has 0 aliphatic heterocycles. The second kappa shape index (κ2) is 6.75. The normalized spacial score (nSPS) is 18.4. The highest BCUT2D eigenvalue weighted by Crippen LogP contribution is 2.29. The molecule has 0 amide bonds. The summed E-state index contributed by atoms with van der Waals surface area (Å²) in [6.07, 6.45) is 11.4. The lowest BCUT2D eigenvalue weighted by Gasteiger charge is -2.18. The van der Waals surface area contributed by atoms with E-state index < -0.39 is 0 Å². The van der Waals surface area contributed by atoms with Gasteiger partial charge in [0.2, 0.25) is 0 Å². The van der Waals surface area contributed by atoms with Gasteiger partial charge >= 0.3 is 0 Å². The highest BCUT2D eigenvalue weighted by molar-refractivity contribution is 5.05. The highest BCUT2D eigenvalue weighted by atomic mass is 14.9. The van der Waals surface area contributed by atoms with Crippen LogP contribution in [-0.2, 0) is 6.42 Å². The van der Waals surface area contributed by atoms with E-state index in [1.54, 1.807) is 0 Å². The van der Waals surface area contributed by atoms with Gasteiger partial charge in [0.1, 0.15) is 0 Å². The molecule has 2 heteroatoms. The van der Waals surface area contributed by atoms with Crippen LogP contribution < -0.4 is 5.32 Å². The van der Waals surface area contributed by atoms with E-state index in [0.717, 1.165) is 12.3 Å². The molecule has 1 aromatic rings. The number of likely N-dealkylation sites (N-methyl/N-ethyl adjacent to an activating group) is 1. The third-order valence-corrected chi connectivity index (χ3v) is 3.99. The summed E-state index contributed by atoms with van der Waals surface area (Å²) in [4.78, 5) is 4.41. The van der Waals surface area contributed by atoms with Crippen LogP contribution in [0.3, 0.4) is 0 Å². The van der Waals surface area contributed by atoms with Crippen molar-refractivity contribution < 1.29 is 0 Å². The Balaban J connectivity index is 1.76. The van der Waals surface area contributed by atoms with E-state index in [1.165, 1.54) is 44.2 Å². The molecule has 1 heterocycles. The molecule has 1 aliphatic carbocycles. The zero-order chi connectivity index (χ0) is 11.9. The molecule has 2 nitrogen and oxygen atoms in total. The molecule has 1 atom stereocenters. The molecule has 1 unspecified atom stereocenters. The number of pyridine rings is 1. The van der Waals surface area contributed by atoms with E-state index in [4.69, 9.17) is 0 Å². The maximum absolute atomic E-state index is 4.41. The van der Waals surface area contributed by atoms with Crippen LogP contribution >= 0.6 is 0 Å². The smallest absolute Gasteiger partial charge is 0.0419 e. The average Bonchev–Trinajstić information content (AvgIpc) is 2.89. The predicted molar refractivity (Wildman–Crippen MR) is 72.0 cm³/mol. The Bertz CT molecular complexity index is 304. The third kappa shape index (κ3) is 4.12. The van der Waals surface area contributed by atoms with Gasteiger partial charge in [-0.05, 0) is 37.9 Å². The fourth-order valence-electron chi connectivity index (χ4n) is 2.86. The second-order valence-electron chi connectivity index (χ2n) is 5.24. The van der Waals surface area contributed by atoms with Crippen molar-refractivity contribution in [3.8, 4) is 0 Å². The van der Waals surface area contributed by atoms with Gasteiger partial charge in [-0.1, -0.05) is 31.7 Å². The molecule has 17 heavy (non-hydrogen) atoms. The standard InChI is InChI=1S/C15H24N2/c1-16-14(10-9-13-6-2-3-7-13)12-15-8-4-5-11-17-15/h4-5,8,11,13-14,16H,2-3,6-7,9-10,12H2,1H3. The molecular weight excluding hydrogens is 208 g/mol. The summed E-state index contributed by atoms with van der Waals surface area (Å²) < 4.78 is 0. The summed E-state index contributed by atoms with van der Waals surface area (Å²) in [5, 5.41) is 3.43. The van der Waals surface area contributed by atoms with Crippen LogP contribution in [0.15, 0.2) is 24.4 Å². The Labute approximate surface area is 105 Å². The lowest BCUT2D eigenvalue weighted by atomic mass is 9.96. The Morgan fingerprint density at radius 1 is 1.35 bits per heavy atom. The van der Waals surface area contributed by atoms with Crippen molar-refractivity contribution in [3.63, 3.8) is 0 Å². The number of rotatable bonds is 6. The summed E-state index contributed by atoms with van der Waals surface area (Å²) in [5.74, 6) is 0.995. The first-order chi connectivity index (χ1) is 8.38. The minimum absolute atomic E-state index is 0.588. The van der Waals surface area contributed by atoms with Crippen LogP contribution in [0, 0.1) is 5.92 Å². The zero-order valence-corrected chi connectivity index (χ0v) is 10.9. The maximum Gasteiger partial charge on any atom is 0.0419 e. The minimum atomic E-state index is 0.588. The van der Waals surface area contributed by atoms with Crippen molar-refractivity contribution in [1.82, 2.24) is 10.3 Å². The number of hydrogen-bond acceptors (Lipinski definition) is 2. The van der Waals surface area contributed by atoms with Gasteiger partial charge in [0, 0.05) is 24.4 Å². The number of hydrogen-bond donors (Lipinski definition) is 1. The lowest BCUT2D eigenvalue weighted by Crippen LogP contribution is -2.28. The van der Waals surface area contributed by atoms with Crippen LogP contribution in [-0.4, -0.2) is 18.1 Å². The van der Waals surface area contributed by atoms with Crippen molar-refractivity contribution in [2.75, 3.05) is 7.05 Å². The average molecular weight is 232 g/mol. The Morgan fingerprint density at radius 3 is 2.82 bits per heavy atom. The molecule has 0 spiro atoms. The van der Waals surface area contributed by atoms with Gasteiger partial charge in [0.25, 0.3) is 0 Å². The Morgan fingerprint density at radius 2 is 2.18 bits per heavy atom. The van der Waals surface area contributed by atoms with E-state index in [1.807, 2.05) is 12.3 Å². The van der Waals surface area contributed by atoms with Gasteiger partial charge in [0.15, 0.2) is 0 Å². The van der Waals surface area contributed by atoms with Crippen molar-refractivity contribution in [1.29, 1.82) is 0 Å². The molecule has 0 aromatic carbocycles. The van der Waals surface area contributed by atoms with E-state index in [0.29, 0.717) is 6.04 Å². The highest BCUT2D eigenvalue weighted by Gasteiger charge is 2.17. The number of aromatic nitrogens is 1. The predicted octanol–water partition coefficient (Wildman–Crippen LogP) is 3.18. The van der Waals surface area contributed by atoms with Crippen LogP contribution in [0.1, 0.15) is 44.2 Å². The van der Waals surface area contributed by atoms with Crippen LogP contribution in [0.2, 0.25) is 0 Å². The molecule has 94 valence electrons. The van der Waals surface area contributed by atoms with E-state index in [9.17, 15) is 0 Å². The summed E-state index contributed by atoms with van der Waals surface area (Å²) in [5.41, 5.74) is 1.21. The SMILES string of the molecule is CNC(CCC1CCCC1)Cc1ccccn1. The topological polar surface area (TPSA) is 24.9 Å². The van der Waals surface area contributed by atoms with Gasteiger partial charge in [-0.3, -0.25) is 4.98 Å². The molecule has 2 rings (SSSR count). The van der Waals surface area contributed by atoms with Crippen molar-refractivity contribution in [3.05, 3.63) is 30.1 Å². The lowest BCUT2D eigenvalue weighted by molar-refractivity contribution is 0.416. The van der Waals surface area contributed by atoms with Crippen LogP contribution in [0.25, 0.3) is 0 Å². The molecule has 1 fully saturated rings. The number of nitrogens with one attached hydrogen (secondary N) is 1. The monoisotopic (exact) mass is 232 g/mol. The second-order valence-corrected chi connectivity index (χ2v) is 5.24. The molecular formula is C15H24N2. The largest absolute Gasteiger partial charge is 0.317 e. The fourth-order valence-corrected chi connectivity index (χ4v) is 2.86. The molecule has 0 bridgehead atoms. The van der Waals surface area contributed by atoms with Crippen LogP contribution in [0.5, 0.6) is 0 Å². The zero-order valence-electron chi connectivity index (χ0n) is 10.9. The fraction of sp³-hybridized carbons (Fsp3) is 0.667. The first-order valence-corrected chi connectivity index (χ1v) is 6.95. The van der Waals surface area contributed by atoms with E-state index in [2.05, 4.69) is 29.5 Å². The van der Waals surface area contributed by atoms with Gasteiger partial charge < -0.3 is 5.32 Å². The molecule has 0 saturated heterocycles. The van der Waals surface area contributed by atoms with E-state index >= 15 is 0 Å². The molecule has 1 aromatic heterocycles. The molecule has 1 saturated carbocycles. The Kier molecular flexibility index (Phi) is 4.99. The molecule has 1 N–H and O–H groups in total. The van der Waals surface area contributed by atoms with Gasteiger partial charge in [-0.25, -0.2) is 0 Å². The van der Waals surface area contributed by atoms with E-state index in [-0.39, 0.29) is 0 Å². The quantitative estimate of drug-likeness (QED) is 0.815.